The summed E-state index contributed by atoms with van der Waals surface area (Å²) in [5.74, 6) is 0.116. The van der Waals surface area contributed by atoms with E-state index in [4.69, 9.17) is 5.73 Å². The number of allylic oxidation sites excluding steroid dienone is 2. The van der Waals surface area contributed by atoms with Crippen LogP contribution in [0.15, 0.2) is 72.4 Å². The van der Waals surface area contributed by atoms with Crippen LogP contribution in [0.1, 0.15) is 13.3 Å². The van der Waals surface area contributed by atoms with Crippen molar-refractivity contribution in [1.82, 2.24) is 0 Å². The van der Waals surface area contributed by atoms with Crippen molar-refractivity contribution in [2.24, 2.45) is 5.73 Å². The molecule has 2 aromatic rings. The molecule has 0 heterocycles. The molecule has 0 unspecified atom stereocenters. The Balaban J connectivity index is 2.31. The summed E-state index contributed by atoms with van der Waals surface area (Å²) in [5, 5.41) is 2.73. The van der Waals surface area contributed by atoms with Crippen LogP contribution in [0.4, 0.5) is 0 Å². The van der Waals surface area contributed by atoms with Crippen LogP contribution >= 0.6 is 0 Å². The SMILES string of the molecule is C/C(N)=C/C(=O)CC[Si](C)(c1ccccc1)c1ccccc1. The summed E-state index contributed by atoms with van der Waals surface area (Å²) in [5.41, 5.74) is 6.18. The van der Waals surface area contributed by atoms with Crippen LogP contribution in [0.3, 0.4) is 0 Å². The zero-order valence-electron chi connectivity index (χ0n) is 13.3. The van der Waals surface area contributed by atoms with E-state index >= 15 is 0 Å². The highest BCUT2D eigenvalue weighted by Crippen LogP contribution is 2.14. The van der Waals surface area contributed by atoms with Gasteiger partial charge in [-0.2, -0.15) is 0 Å². The average Bonchev–Trinajstić information content (AvgIpc) is 2.54. The lowest BCUT2D eigenvalue weighted by atomic mass is 10.3. The summed E-state index contributed by atoms with van der Waals surface area (Å²) in [7, 11) is -1.91. The highest BCUT2D eigenvalue weighted by atomic mass is 28.3. The lowest BCUT2D eigenvalue weighted by molar-refractivity contribution is -0.114. The number of nitrogens with two attached hydrogens (primary N) is 1. The van der Waals surface area contributed by atoms with Gasteiger partial charge in [0.2, 0.25) is 0 Å². The molecule has 0 radical (unpaired) electrons. The van der Waals surface area contributed by atoms with Gasteiger partial charge in [-0.1, -0.05) is 77.6 Å². The summed E-state index contributed by atoms with van der Waals surface area (Å²) < 4.78 is 0. The van der Waals surface area contributed by atoms with Gasteiger partial charge in [-0.3, -0.25) is 4.79 Å². The highest BCUT2D eigenvalue weighted by molar-refractivity contribution is 7.01. The predicted octanol–water partition coefficient (Wildman–Crippen LogP) is 2.70. The molecule has 0 amide bonds. The normalized spacial score (nSPS) is 12.2. The number of benzene rings is 2. The van der Waals surface area contributed by atoms with Gasteiger partial charge in [-0.05, 0) is 19.0 Å². The van der Waals surface area contributed by atoms with Gasteiger partial charge in [0.15, 0.2) is 5.78 Å². The van der Waals surface area contributed by atoms with E-state index < -0.39 is 8.07 Å². The number of hydrogen-bond acceptors (Lipinski definition) is 2. The van der Waals surface area contributed by atoms with Crippen LogP contribution in [0.2, 0.25) is 12.6 Å². The van der Waals surface area contributed by atoms with Gasteiger partial charge in [0.1, 0.15) is 8.07 Å². The first-order valence-electron chi connectivity index (χ1n) is 7.60. The Kier molecular flexibility index (Phi) is 5.34. The summed E-state index contributed by atoms with van der Waals surface area (Å²) in [6, 6.07) is 22.0. The van der Waals surface area contributed by atoms with Gasteiger partial charge in [-0.15, -0.1) is 0 Å². The van der Waals surface area contributed by atoms with E-state index in [0.29, 0.717) is 12.1 Å². The van der Waals surface area contributed by atoms with E-state index in [0.717, 1.165) is 6.04 Å². The van der Waals surface area contributed by atoms with E-state index in [9.17, 15) is 4.79 Å². The largest absolute Gasteiger partial charge is 0.402 e. The Morgan fingerprint density at radius 2 is 1.45 bits per heavy atom. The Morgan fingerprint density at radius 1 is 1.00 bits per heavy atom. The van der Waals surface area contributed by atoms with E-state index in [1.165, 1.54) is 10.4 Å². The maximum Gasteiger partial charge on any atom is 0.157 e. The quantitative estimate of drug-likeness (QED) is 0.658. The average molecular weight is 309 g/mol. The van der Waals surface area contributed by atoms with Gasteiger partial charge in [0.25, 0.3) is 0 Å². The summed E-state index contributed by atoms with van der Waals surface area (Å²) in [4.78, 5) is 12.0. The Morgan fingerprint density at radius 3 is 1.86 bits per heavy atom. The summed E-state index contributed by atoms with van der Waals surface area (Å²) in [6.45, 7) is 4.09. The number of carbonyl (C=O) groups is 1. The topological polar surface area (TPSA) is 43.1 Å². The fraction of sp³-hybridized carbons (Fsp3) is 0.211. The van der Waals surface area contributed by atoms with Crippen molar-refractivity contribution in [2.45, 2.75) is 25.9 Å². The van der Waals surface area contributed by atoms with Crippen molar-refractivity contribution < 1.29 is 4.79 Å². The highest BCUT2D eigenvalue weighted by Gasteiger charge is 2.31. The molecule has 0 fully saturated rings. The van der Waals surface area contributed by atoms with Crippen LogP contribution in [-0.4, -0.2) is 13.9 Å². The second-order valence-corrected chi connectivity index (χ2v) is 10.2. The standard InChI is InChI=1S/C19H23NOSi/c1-16(20)15-17(21)13-14-22(2,18-9-5-3-6-10-18)19-11-7-4-8-12-19/h3-12,15H,13-14,20H2,1-2H3/b16-15-. The summed E-state index contributed by atoms with van der Waals surface area (Å²) >= 11 is 0. The molecule has 0 aliphatic carbocycles. The number of ketones is 1. The van der Waals surface area contributed by atoms with Crippen LogP contribution in [-0.2, 0) is 4.79 Å². The molecule has 0 spiro atoms. The molecule has 0 saturated heterocycles. The van der Waals surface area contributed by atoms with Gasteiger partial charge in [0.05, 0.1) is 0 Å². The van der Waals surface area contributed by atoms with Crippen LogP contribution < -0.4 is 16.1 Å². The first kappa shape index (κ1) is 16.2. The molecule has 22 heavy (non-hydrogen) atoms. The Hall–Kier alpha value is -2.13. The van der Waals surface area contributed by atoms with Crippen LogP contribution in [0, 0.1) is 0 Å². The molecule has 2 aromatic carbocycles. The van der Waals surface area contributed by atoms with Gasteiger partial charge in [-0.25, -0.2) is 0 Å². The van der Waals surface area contributed by atoms with Crippen molar-refractivity contribution in [3.63, 3.8) is 0 Å². The first-order chi connectivity index (χ1) is 10.5. The fourth-order valence-corrected chi connectivity index (χ4v) is 6.28. The number of rotatable bonds is 6. The monoisotopic (exact) mass is 309 g/mol. The third-order valence-electron chi connectivity index (χ3n) is 4.08. The molecular weight excluding hydrogens is 286 g/mol. The molecular formula is C19H23NOSi. The molecule has 2 N–H and O–H groups in total. The lowest BCUT2D eigenvalue weighted by Gasteiger charge is -2.28. The second kappa shape index (κ2) is 7.23. The molecule has 0 saturated carbocycles. The minimum atomic E-state index is -1.91. The zero-order chi connectivity index (χ0) is 16.0. The minimum Gasteiger partial charge on any atom is -0.402 e. The molecule has 0 aliphatic heterocycles. The van der Waals surface area contributed by atoms with Crippen molar-refractivity contribution in [2.75, 3.05) is 0 Å². The summed E-state index contributed by atoms with van der Waals surface area (Å²) in [6.07, 6.45) is 2.09. The zero-order valence-corrected chi connectivity index (χ0v) is 14.3. The minimum absolute atomic E-state index is 0.116. The van der Waals surface area contributed by atoms with Crippen molar-refractivity contribution in [3.05, 3.63) is 72.4 Å². The Labute approximate surface area is 133 Å². The van der Waals surface area contributed by atoms with Gasteiger partial charge in [0, 0.05) is 12.1 Å². The predicted molar refractivity (Wildman–Crippen MR) is 96.1 cm³/mol. The number of hydrogen-bond donors (Lipinski definition) is 1. The van der Waals surface area contributed by atoms with Crippen molar-refractivity contribution in [1.29, 1.82) is 0 Å². The first-order valence-corrected chi connectivity index (χ1v) is 10.3. The van der Waals surface area contributed by atoms with Crippen molar-refractivity contribution in [3.8, 4) is 0 Å². The molecule has 3 heteroatoms. The third kappa shape index (κ3) is 3.95. The molecule has 2 nitrogen and oxygen atoms in total. The van der Waals surface area contributed by atoms with E-state index in [-0.39, 0.29) is 5.78 Å². The van der Waals surface area contributed by atoms with Gasteiger partial charge < -0.3 is 5.73 Å². The maximum absolute atomic E-state index is 12.0. The number of carbonyl (C=O) groups excluding carboxylic acids is 1. The van der Waals surface area contributed by atoms with E-state index in [1.807, 2.05) is 12.1 Å². The van der Waals surface area contributed by atoms with Crippen LogP contribution in [0.5, 0.6) is 0 Å². The molecule has 0 aromatic heterocycles. The molecule has 0 bridgehead atoms. The maximum atomic E-state index is 12.0. The smallest absolute Gasteiger partial charge is 0.157 e. The molecule has 2 rings (SSSR count). The third-order valence-corrected chi connectivity index (χ3v) is 8.55. The molecule has 0 atom stereocenters. The molecule has 114 valence electrons. The fourth-order valence-electron chi connectivity index (χ4n) is 2.77. The Bertz CT molecular complexity index is 606. The lowest BCUT2D eigenvalue weighted by Crippen LogP contribution is -2.55. The van der Waals surface area contributed by atoms with Crippen LogP contribution in [0.25, 0.3) is 0 Å². The van der Waals surface area contributed by atoms with E-state index in [1.54, 1.807) is 13.0 Å². The molecule has 0 aliphatic rings. The second-order valence-electron chi connectivity index (χ2n) is 5.92. The van der Waals surface area contributed by atoms with Crippen molar-refractivity contribution >= 4 is 24.2 Å². The van der Waals surface area contributed by atoms with E-state index in [2.05, 4.69) is 55.1 Å². The van der Waals surface area contributed by atoms with Gasteiger partial charge >= 0.3 is 0 Å².